The van der Waals surface area contributed by atoms with Gasteiger partial charge in [-0.2, -0.15) is 0 Å². The lowest BCUT2D eigenvalue weighted by Crippen LogP contribution is -2.19. The van der Waals surface area contributed by atoms with Crippen LogP contribution in [0.2, 0.25) is 0 Å². The van der Waals surface area contributed by atoms with Gasteiger partial charge in [-0.3, -0.25) is 0 Å². The molecule has 0 bridgehead atoms. The van der Waals surface area contributed by atoms with Gasteiger partial charge >= 0.3 is 0 Å². The highest BCUT2D eigenvalue weighted by molar-refractivity contribution is 6.21. The first-order valence-corrected chi connectivity index (χ1v) is 6.75. The summed E-state index contributed by atoms with van der Waals surface area (Å²) in [6.45, 7) is 3.93. The van der Waals surface area contributed by atoms with Crippen molar-refractivity contribution in [1.82, 2.24) is 0 Å². The average Bonchev–Trinajstić information content (AvgIpc) is 2.39. The van der Waals surface area contributed by atoms with Crippen molar-refractivity contribution in [2.24, 2.45) is 5.92 Å². The Morgan fingerprint density at radius 3 is 2.24 bits per heavy atom. The molecule has 1 saturated carbocycles. The molecule has 1 unspecified atom stereocenters. The molecule has 1 aliphatic carbocycles. The van der Waals surface area contributed by atoms with Gasteiger partial charge in [0.25, 0.3) is 0 Å². The van der Waals surface area contributed by atoms with Crippen LogP contribution in [0.4, 0.5) is 0 Å². The van der Waals surface area contributed by atoms with E-state index in [9.17, 15) is 0 Å². The molecule has 0 amide bonds. The van der Waals surface area contributed by atoms with Gasteiger partial charge in [-0.25, -0.2) is 0 Å². The minimum Gasteiger partial charge on any atom is -0.497 e. The van der Waals surface area contributed by atoms with Crippen LogP contribution in [-0.2, 0) is 0 Å². The number of benzene rings is 1. The van der Waals surface area contributed by atoms with E-state index < -0.39 is 0 Å². The predicted octanol–water partition coefficient (Wildman–Crippen LogP) is 4.41. The monoisotopic (exact) mass is 251 g/mol. The highest BCUT2D eigenvalue weighted by Crippen LogP contribution is 2.38. The molecule has 1 atom stereocenters. The van der Waals surface area contributed by atoms with Crippen molar-refractivity contribution < 1.29 is 4.74 Å². The molecule has 1 aliphatic rings. The molecule has 17 heavy (non-hydrogen) atoms. The van der Waals surface area contributed by atoms with Gasteiger partial charge in [0.2, 0.25) is 0 Å². The maximum absolute atomic E-state index is 6.06. The Bertz CT molecular complexity index is 336. The molecular weight excluding hydrogens is 232 g/mol. The molecule has 0 aliphatic heterocycles. The molecule has 93 valence electrons. The average molecular weight is 252 g/mol. The van der Waals surface area contributed by atoms with E-state index in [1.54, 1.807) is 7.11 Å². The second-order valence-corrected chi connectivity index (χ2v) is 5.46. The van der Waals surface area contributed by atoms with Crippen molar-refractivity contribution in [3.05, 3.63) is 36.8 Å². The first kappa shape index (κ1) is 12.8. The smallest absolute Gasteiger partial charge is 0.118 e. The van der Waals surface area contributed by atoms with Gasteiger partial charge in [0.1, 0.15) is 5.75 Å². The third-order valence-corrected chi connectivity index (χ3v) is 4.23. The fourth-order valence-electron chi connectivity index (χ4n) is 2.69. The summed E-state index contributed by atoms with van der Waals surface area (Å²) in [7, 11) is 1.70. The van der Waals surface area contributed by atoms with Crippen molar-refractivity contribution in [2.45, 2.75) is 37.0 Å². The normalized spacial score (nSPS) is 26.5. The zero-order valence-corrected chi connectivity index (χ0v) is 11.1. The lowest BCUT2D eigenvalue weighted by atomic mass is 9.78. The summed E-state index contributed by atoms with van der Waals surface area (Å²) in [5, 5.41) is 0.0758. The number of ether oxygens (including phenoxy) is 1. The Balaban J connectivity index is 1.95. The maximum Gasteiger partial charge on any atom is 0.118 e. The molecule has 0 N–H and O–H groups in total. The van der Waals surface area contributed by atoms with E-state index in [0.717, 1.165) is 5.75 Å². The minimum atomic E-state index is 0.0758. The van der Waals surface area contributed by atoms with E-state index in [-0.39, 0.29) is 5.38 Å². The van der Waals surface area contributed by atoms with E-state index in [1.807, 2.05) is 12.1 Å². The van der Waals surface area contributed by atoms with Gasteiger partial charge in [-0.1, -0.05) is 12.1 Å². The second-order valence-electron chi connectivity index (χ2n) is 4.90. The van der Waals surface area contributed by atoms with Crippen LogP contribution in [0.25, 0.3) is 0 Å². The Morgan fingerprint density at radius 1 is 1.18 bits per heavy atom. The van der Waals surface area contributed by atoms with Gasteiger partial charge in [0.05, 0.1) is 7.11 Å². The van der Waals surface area contributed by atoms with Crippen LogP contribution in [0.15, 0.2) is 24.3 Å². The van der Waals surface area contributed by atoms with Crippen LogP contribution in [0.5, 0.6) is 5.75 Å². The first-order chi connectivity index (χ1) is 8.20. The van der Waals surface area contributed by atoms with Crippen LogP contribution in [0.1, 0.15) is 37.2 Å². The Labute approximate surface area is 109 Å². The lowest BCUT2D eigenvalue weighted by Gasteiger charge is -2.30. The van der Waals surface area contributed by atoms with E-state index in [1.165, 1.54) is 31.2 Å². The van der Waals surface area contributed by atoms with Gasteiger partial charge in [-0.15, -0.1) is 11.6 Å². The van der Waals surface area contributed by atoms with Gasteiger partial charge in [0.15, 0.2) is 0 Å². The number of rotatable bonds is 3. The van der Waals surface area contributed by atoms with Crippen molar-refractivity contribution >= 4 is 11.6 Å². The standard InChI is InChI=1S/C15H20ClO/c1-11(16)12-3-5-13(6-4-12)14-7-9-15(17-2)10-8-14/h7-13H,1,3-6H2,2H3. The molecule has 0 spiro atoms. The van der Waals surface area contributed by atoms with Gasteiger partial charge in [-0.05, 0) is 62.1 Å². The molecule has 0 aromatic heterocycles. The maximum atomic E-state index is 6.06. The molecule has 2 heteroatoms. The molecule has 1 fully saturated rings. The number of methoxy groups -OCH3 is 1. The Kier molecular flexibility index (Phi) is 4.33. The van der Waals surface area contributed by atoms with Crippen LogP contribution in [-0.4, -0.2) is 12.5 Å². The zero-order valence-electron chi connectivity index (χ0n) is 10.4. The topological polar surface area (TPSA) is 9.23 Å². The van der Waals surface area contributed by atoms with Crippen LogP contribution in [0.3, 0.4) is 0 Å². The highest BCUT2D eigenvalue weighted by Gasteiger charge is 2.24. The molecule has 1 aromatic rings. The number of hydrogen-bond acceptors (Lipinski definition) is 1. The minimum absolute atomic E-state index is 0.0758. The van der Waals surface area contributed by atoms with Gasteiger partial charge < -0.3 is 4.74 Å². The van der Waals surface area contributed by atoms with E-state index in [0.29, 0.717) is 11.8 Å². The third kappa shape index (κ3) is 3.16. The predicted molar refractivity (Wildman–Crippen MR) is 72.7 cm³/mol. The summed E-state index contributed by atoms with van der Waals surface area (Å²) in [5.74, 6) is 2.22. The third-order valence-electron chi connectivity index (χ3n) is 3.87. The lowest BCUT2D eigenvalue weighted by molar-refractivity contribution is 0.330. The SMILES string of the molecule is [CH2]C(Cl)C1CCC(c2ccc(OC)cc2)CC1. The van der Waals surface area contributed by atoms with E-state index in [2.05, 4.69) is 19.1 Å². The fourth-order valence-corrected chi connectivity index (χ4v) is 2.94. The zero-order chi connectivity index (χ0) is 12.3. The van der Waals surface area contributed by atoms with E-state index in [4.69, 9.17) is 16.3 Å². The summed E-state index contributed by atoms with van der Waals surface area (Å²) in [6, 6.07) is 8.47. The Hall–Kier alpha value is -0.690. The van der Waals surface area contributed by atoms with Crippen LogP contribution < -0.4 is 4.74 Å². The molecule has 1 nitrogen and oxygen atoms in total. The number of hydrogen-bond donors (Lipinski definition) is 0. The van der Waals surface area contributed by atoms with E-state index >= 15 is 0 Å². The molecule has 1 radical (unpaired) electrons. The second kappa shape index (κ2) is 5.77. The largest absolute Gasteiger partial charge is 0.497 e. The number of alkyl halides is 1. The van der Waals surface area contributed by atoms with Crippen molar-refractivity contribution in [3.8, 4) is 5.75 Å². The van der Waals surface area contributed by atoms with Crippen LogP contribution >= 0.6 is 11.6 Å². The molecule has 0 saturated heterocycles. The Morgan fingerprint density at radius 2 is 1.76 bits per heavy atom. The quantitative estimate of drug-likeness (QED) is 0.723. The summed E-state index contributed by atoms with van der Waals surface area (Å²) in [6.07, 6.45) is 4.87. The molecule has 0 heterocycles. The van der Waals surface area contributed by atoms with Crippen molar-refractivity contribution in [1.29, 1.82) is 0 Å². The summed E-state index contributed by atoms with van der Waals surface area (Å²) in [4.78, 5) is 0. The number of halogens is 1. The molecular formula is C15H20ClO. The summed E-state index contributed by atoms with van der Waals surface area (Å²) >= 11 is 6.06. The van der Waals surface area contributed by atoms with Crippen molar-refractivity contribution in [2.75, 3.05) is 7.11 Å². The molecule has 2 rings (SSSR count). The summed E-state index contributed by atoms with van der Waals surface area (Å²) < 4.78 is 5.18. The van der Waals surface area contributed by atoms with Crippen molar-refractivity contribution in [3.63, 3.8) is 0 Å². The van der Waals surface area contributed by atoms with Gasteiger partial charge in [0, 0.05) is 5.38 Å². The fraction of sp³-hybridized carbons (Fsp3) is 0.533. The molecule has 1 aromatic carbocycles. The van der Waals surface area contributed by atoms with Crippen LogP contribution in [0, 0.1) is 12.8 Å². The highest BCUT2D eigenvalue weighted by atomic mass is 35.5. The first-order valence-electron chi connectivity index (χ1n) is 6.32. The summed E-state index contributed by atoms with van der Waals surface area (Å²) in [5.41, 5.74) is 1.43.